The highest BCUT2D eigenvalue weighted by Gasteiger charge is 2.34. The summed E-state index contributed by atoms with van der Waals surface area (Å²) in [5, 5.41) is 6.64. The summed E-state index contributed by atoms with van der Waals surface area (Å²) in [6, 6.07) is 8.57. The van der Waals surface area contributed by atoms with Gasteiger partial charge in [0.1, 0.15) is 17.7 Å². The number of anilines is 1. The molecule has 1 N–H and O–H groups in total. The van der Waals surface area contributed by atoms with Crippen LogP contribution in [-0.2, 0) is 11.3 Å². The van der Waals surface area contributed by atoms with Gasteiger partial charge in [0.25, 0.3) is 5.91 Å². The lowest BCUT2D eigenvalue weighted by Gasteiger charge is -2.21. The molecule has 0 fully saturated rings. The molecular weight excluding hydrogens is 404 g/mol. The average molecular weight is 425 g/mol. The number of benzene rings is 1. The number of carbonyl (C=O) groups is 2. The van der Waals surface area contributed by atoms with E-state index < -0.39 is 23.5 Å². The number of hydrogen-bond acceptors (Lipinski definition) is 4. The number of rotatable bonds is 4. The lowest BCUT2D eigenvalue weighted by atomic mass is 9.95. The van der Waals surface area contributed by atoms with Gasteiger partial charge in [-0.1, -0.05) is 25.1 Å². The summed E-state index contributed by atoms with van der Waals surface area (Å²) in [7, 11) is 1.60. The Kier molecular flexibility index (Phi) is 5.50. The highest BCUT2D eigenvalue weighted by Crippen LogP contribution is 2.32. The standard InChI is InChI=1S/C22H21F2N5O2/c1-13-10-18(22(31)28(2)20-16(13)4-3-9-25-20)26-21(30)19-17(24)12-29(27-19)11-14-5-7-15(23)8-6-14/h3-9,12-13,18H,10-11H2,1-2H3,(H,26,30). The van der Waals surface area contributed by atoms with Crippen molar-refractivity contribution in [3.8, 4) is 0 Å². The second-order valence-corrected chi connectivity index (χ2v) is 7.63. The molecule has 31 heavy (non-hydrogen) atoms. The minimum absolute atomic E-state index is 0.0382. The van der Waals surface area contributed by atoms with E-state index in [4.69, 9.17) is 0 Å². The van der Waals surface area contributed by atoms with Crippen LogP contribution in [0.2, 0.25) is 0 Å². The molecule has 3 aromatic rings. The first-order valence-electron chi connectivity index (χ1n) is 9.84. The topological polar surface area (TPSA) is 80.1 Å². The van der Waals surface area contributed by atoms with Crippen molar-refractivity contribution in [1.29, 1.82) is 0 Å². The molecule has 1 aliphatic rings. The summed E-state index contributed by atoms with van der Waals surface area (Å²) < 4.78 is 28.7. The Bertz CT molecular complexity index is 1130. The first-order valence-corrected chi connectivity index (χ1v) is 9.84. The molecule has 0 saturated heterocycles. The molecule has 2 amide bonds. The van der Waals surface area contributed by atoms with Crippen LogP contribution in [0.25, 0.3) is 0 Å². The molecule has 0 bridgehead atoms. The van der Waals surface area contributed by atoms with Crippen molar-refractivity contribution in [3.63, 3.8) is 0 Å². The Balaban J connectivity index is 1.51. The van der Waals surface area contributed by atoms with Gasteiger partial charge in [0, 0.05) is 13.2 Å². The van der Waals surface area contributed by atoms with Crippen LogP contribution >= 0.6 is 0 Å². The number of hydrogen-bond donors (Lipinski definition) is 1. The van der Waals surface area contributed by atoms with Crippen LogP contribution < -0.4 is 10.2 Å². The van der Waals surface area contributed by atoms with Crippen LogP contribution in [0.4, 0.5) is 14.6 Å². The monoisotopic (exact) mass is 425 g/mol. The van der Waals surface area contributed by atoms with Gasteiger partial charge in [-0.2, -0.15) is 5.10 Å². The summed E-state index contributed by atoms with van der Waals surface area (Å²) in [4.78, 5) is 31.3. The van der Waals surface area contributed by atoms with Crippen LogP contribution in [0.5, 0.6) is 0 Å². The minimum Gasteiger partial charge on any atom is -0.339 e. The van der Waals surface area contributed by atoms with E-state index >= 15 is 0 Å². The molecule has 2 aromatic heterocycles. The van der Waals surface area contributed by atoms with E-state index in [1.165, 1.54) is 21.7 Å². The van der Waals surface area contributed by atoms with E-state index in [-0.39, 0.29) is 24.2 Å². The highest BCUT2D eigenvalue weighted by molar-refractivity contribution is 6.02. The predicted molar refractivity (Wildman–Crippen MR) is 110 cm³/mol. The van der Waals surface area contributed by atoms with E-state index in [0.717, 1.165) is 11.8 Å². The number of carbonyl (C=O) groups excluding carboxylic acids is 2. The highest BCUT2D eigenvalue weighted by atomic mass is 19.1. The molecule has 4 rings (SSSR count). The lowest BCUT2D eigenvalue weighted by molar-refractivity contribution is -0.120. The van der Waals surface area contributed by atoms with Crippen LogP contribution in [0, 0.1) is 11.6 Å². The van der Waals surface area contributed by atoms with Gasteiger partial charge in [-0.3, -0.25) is 19.2 Å². The third-order valence-corrected chi connectivity index (χ3v) is 5.38. The van der Waals surface area contributed by atoms with Crippen LogP contribution in [-0.4, -0.2) is 39.7 Å². The zero-order valence-corrected chi connectivity index (χ0v) is 17.0. The van der Waals surface area contributed by atoms with Crippen molar-refractivity contribution in [2.75, 3.05) is 11.9 Å². The molecule has 2 unspecified atom stereocenters. The predicted octanol–water partition coefficient (Wildman–Crippen LogP) is 2.87. The maximum Gasteiger partial charge on any atom is 0.275 e. The largest absolute Gasteiger partial charge is 0.339 e. The zero-order chi connectivity index (χ0) is 22.1. The Labute approximate surface area is 177 Å². The Morgan fingerprint density at radius 1 is 1.23 bits per heavy atom. The Hall–Kier alpha value is -3.62. The van der Waals surface area contributed by atoms with E-state index in [2.05, 4.69) is 15.4 Å². The molecule has 0 aliphatic carbocycles. The molecule has 0 radical (unpaired) electrons. The fraction of sp³-hybridized carbons (Fsp3) is 0.273. The summed E-state index contributed by atoms with van der Waals surface area (Å²) in [6.45, 7) is 2.12. The van der Waals surface area contributed by atoms with Gasteiger partial charge in [-0.15, -0.1) is 0 Å². The molecule has 160 valence electrons. The van der Waals surface area contributed by atoms with Crippen LogP contribution in [0.15, 0.2) is 48.8 Å². The first kappa shape index (κ1) is 20.6. The number of halogens is 2. The van der Waals surface area contributed by atoms with Crippen molar-refractivity contribution in [1.82, 2.24) is 20.1 Å². The summed E-state index contributed by atoms with van der Waals surface area (Å²) >= 11 is 0. The third kappa shape index (κ3) is 4.16. The molecule has 9 heteroatoms. The number of aromatic nitrogens is 3. The van der Waals surface area contributed by atoms with Crippen LogP contribution in [0.3, 0.4) is 0 Å². The van der Waals surface area contributed by atoms with Gasteiger partial charge < -0.3 is 5.32 Å². The summed E-state index contributed by atoms with van der Waals surface area (Å²) in [6.07, 6.45) is 3.06. The summed E-state index contributed by atoms with van der Waals surface area (Å²) in [5.74, 6) is -1.76. The zero-order valence-electron chi connectivity index (χ0n) is 17.0. The van der Waals surface area contributed by atoms with Crippen molar-refractivity contribution in [3.05, 3.63) is 77.2 Å². The second kappa shape index (κ2) is 8.25. The third-order valence-electron chi connectivity index (χ3n) is 5.38. The van der Waals surface area contributed by atoms with Crippen molar-refractivity contribution in [2.45, 2.75) is 31.8 Å². The normalized spacial score (nSPS) is 18.5. The smallest absolute Gasteiger partial charge is 0.275 e. The van der Waals surface area contributed by atoms with Crippen LogP contribution in [0.1, 0.15) is 40.9 Å². The van der Waals surface area contributed by atoms with Crippen molar-refractivity contribution >= 4 is 17.6 Å². The van der Waals surface area contributed by atoms with Gasteiger partial charge in [-0.25, -0.2) is 13.8 Å². The summed E-state index contributed by atoms with van der Waals surface area (Å²) in [5.41, 5.74) is 1.21. The van der Waals surface area contributed by atoms with E-state index in [1.54, 1.807) is 31.4 Å². The fourth-order valence-electron chi connectivity index (χ4n) is 3.75. The molecule has 7 nitrogen and oxygen atoms in total. The molecule has 0 spiro atoms. The maximum atomic E-state index is 14.4. The Morgan fingerprint density at radius 3 is 2.71 bits per heavy atom. The molecule has 3 heterocycles. The Morgan fingerprint density at radius 2 is 1.97 bits per heavy atom. The average Bonchev–Trinajstić information content (AvgIpc) is 3.10. The number of amides is 2. The van der Waals surface area contributed by atoms with Gasteiger partial charge in [0.2, 0.25) is 5.91 Å². The molecule has 2 atom stereocenters. The van der Waals surface area contributed by atoms with Crippen molar-refractivity contribution < 1.29 is 18.4 Å². The maximum absolute atomic E-state index is 14.4. The first-order chi connectivity index (χ1) is 14.8. The number of pyridine rings is 1. The van der Waals surface area contributed by atoms with E-state index in [0.29, 0.717) is 17.8 Å². The van der Waals surface area contributed by atoms with Crippen molar-refractivity contribution in [2.24, 2.45) is 0 Å². The number of nitrogens with one attached hydrogen (secondary N) is 1. The van der Waals surface area contributed by atoms with Gasteiger partial charge in [0.05, 0.1) is 12.7 Å². The number of fused-ring (bicyclic) bond motifs is 1. The fourth-order valence-corrected chi connectivity index (χ4v) is 3.75. The van der Waals surface area contributed by atoms with Gasteiger partial charge in [0.15, 0.2) is 11.5 Å². The van der Waals surface area contributed by atoms with Gasteiger partial charge in [-0.05, 0) is 41.7 Å². The molecule has 1 aromatic carbocycles. The second-order valence-electron chi connectivity index (χ2n) is 7.63. The molecule has 0 saturated carbocycles. The molecule has 1 aliphatic heterocycles. The molecular formula is C22H21F2N5O2. The quantitative estimate of drug-likeness (QED) is 0.697. The lowest BCUT2D eigenvalue weighted by Crippen LogP contribution is -2.47. The van der Waals surface area contributed by atoms with E-state index in [9.17, 15) is 18.4 Å². The number of likely N-dealkylation sites (N-methyl/N-ethyl adjacent to an activating group) is 1. The van der Waals surface area contributed by atoms with Gasteiger partial charge >= 0.3 is 0 Å². The SMILES string of the molecule is CC1CC(NC(=O)c2nn(Cc3ccc(F)cc3)cc2F)C(=O)N(C)c2ncccc21. The van der Waals surface area contributed by atoms with E-state index in [1.807, 2.05) is 13.0 Å². The minimum atomic E-state index is -0.844. The number of nitrogens with zero attached hydrogens (tertiary/aromatic N) is 4.